The molecular formula is C17H18FN3O3. The standard InChI is InChI=1S/C17H18FN3O3/c18-12-5-1-10(2-6-12)7-19-16(22)15-13-8-21(9-14(13)24-20-15)17(23)11-3-4-11/h1-2,5-6,11,13-14H,3-4,7-9H2,(H,19,22). The third-order valence-electron chi connectivity index (χ3n) is 4.74. The number of carbonyl (C=O) groups excluding carboxylic acids is 2. The lowest BCUT2D eigenvalue weighted by Crippen LogP contribution is -2.37. The molecule has 4 rings (SSSR count). The highest BCUT2D eigenvalue weighted by Gasteiger charge is 2.48. The molecule has 0 radical (unpaired) electrons. The third kappa shape index (κ3) is 2.86. The zero-order chi connectivity index (χ0) is 16.7. The van der Waals surface area contributed by atoms with Gasteiger partial charge in [0.15, 0.2) is 11.8 Å². The molecule has 1 N–H and O–H groups in total. The van der Waals surface area contributed by atoms with Crippen LogP contribution in [0.4, 0.5) is 4.39 Å². The fraction of sp³-hybridized carbons (Fsp3) is 0.471. The molecule has 2 fully saturated rings. The molecule has 2 amide bonds. The Kier molecular flexibility index (Phi) is 3.70. The summed E-state index contributed by atoms with van der Waals surface area (Å²) in [5, 5.41) is 6.68. The maximum Gasteiger partial charge on any atom is 0.269 e. The molecule has 1 aliphatic carbocycles. The van der Waals surface area contributed by atoms with E-state index in [1.54, 1.807) is 17.0 Å². The first-order valence-electron chi connectivity index (χ1n) is 8.17. The van der Waals surface area contributed by atoms with Crippen LogP contribution in [-0.2, 0) is 21.0 Å². The molecule has 126 valence electrons. The van der Waals surface area contributed by atoms with Crippen molar-refractivity contribution < 1.29 is 18.8 Å². The number of halogens is 1. The average Bonchev–Trinajstić information content (AvgIpc) is 3.22. The van der Waals surface area contributed by atoms with Crippen molar-refractivity contribution in [2.75, 3.05) is 13.1 Å². The number of amides is 2. The monoisotopic (exact) mass is 331 g/mol. The molecular weight excluding hydrogens is 313 g/mol. The summed E-state index contributed by atoms with van der Waals surface area (Å²) in [5.41, 5.74) is 1.14. The minimum absolute atomic E-state index is 0.163. The summed E-state index contributed by atoms with van der Waals surface area (Å²) in [6.45, 7) is 1.28. The Balaban J connectivity index is 1.35. The molecule has 2 atom stereocenters. The third-order valence-corrected chi connectivity index (χ3v) is 4.74. The van der Waals surface area contributed by atoms with Crippen molar-refractivity contribution in [1.82, 2.24) is 10.2 Å². The van der Waals surface area contributed by atoms with E-state index in [0.29, 0.717) is 25.3 Å². The summed E-state index contributed by atoms with van der Waals surface area (Å²) in [6, 6.07) is 5.95. The van der Waals surface area contributed by atoms with Gasteiger partial charge in [0.1, 0.15) is 5.82 Å². The topological polar surface area (TPSA) is 71.0 Å². The Morgan fingerprint density at radius 3 is 2.71 bits per heavy atom. The van der Waals surface area contributed by atoms with Gasteiger partial charge in [-0.25, -0.2) is 4.39 Å². The first kappa shape index (κ1) is 15.1. The molecule has 1 aromatic carbocycles. The molecule has 2 heterocycles. The van der Waals surface area contributed by atoms with Crippen LogP contribution in [0.3, 0.4) is 0 Å². The number of hydrogen-bond donors (Lipinski definition) is 1. The molecule has 1 saturated carbocycles. The van der Waals surface area contributed by atoms with Gasteiger partial charge in [-0.15, -0.1) is 0 Å². The fourth-order valence-electron chi connectivity index (χ4n) is 3.19. The van der Waals surface area contributed by atoms with Crippen molar-refractivity contribution in [1.29, 1.82) is 0 Å². The number of nitrogens with zero attached hydrogens (tertiary/aromatic N) is 2. The molecule has 2 aliphatic heterocycles. The number of oxime groups is 1. The van der Waals surface area contributed by atoms with Crippen LogP contribution in [0, 0.1) is 17.7 Å². The molecule has 7 heteroatoms. The van der Waals surface area contributed by atoms with Gasteiger partial charge in [-0.2, -0.15) is 0 Å². The Hall–Kier alpha value is -2.44. The van der Waals surface area contributed by atoms with Crippen LogP contribution in [0.1, 0.15) is 18.4 Å². The molecule has 0 aromatic heterocycles. The molecule has 0 spiro atoms. The molecule has 1 aromatic rings. The van der Waals surface area contributed by atoms with Gasteiger partial charge in [0.25, 0.3) is 5.91 Å². The zero-order valence-electron chi connectivity index (χ0n) is 13.1. The van der Waals surface area contributed by atoms with E-state index in [4.69, 9.17) is 4.84 Å². The molecule has 3 aliphatic rings. The smallest absolute Gasteiger partial charge is 0.269 e. The Bertz CT molecular complexity index is 700. The predicted molar refractivity (Wildman–Crippen MR) is 83.3 cm³/mol. The van der Waals surface area contributed by atoms with Gasteiger partial charge in [0.05, 0.1) is 12.5 Å². The lowest BCUT2D eigenvalue weighted by molar-refractivity contribution is -0.132. The minimum atomic E-state index is -0.312. The molecule has 0 bridgehead atoms. The SMILES string of the molecule is O=C(NCc1ccc(F)cc1)C1=NOC2CN(C(=O)C3CC3)CC12. The van der Waals surface area contributed by atoms with E-state index in [1.807, 2.05) is 0 Å². The highest BCUT2D eigenvalue weighted by molar-refractivity contribution is 6.40. The highest BCUT2D eigenvalue weighted by Crippen LogP contribution is 2.35. The number of fused-ring (bicyclic) bond motifs is 1. The summed E-state index contributed by atoms with van der Waals surface area (Å²) >= 11 is 0. The fourth-order valence-corrected chi connectivity index (χ4v) is 3.19. The Labute approximate surface area is 138 Å². The van der Waals surface area contributed by atoms with Crippen LogP contribution in [-0.4, -0.2) is 41.6 Å². The average molecular weight is 331 g/mol. The van der Waals surface area contributed by atoms with Gasteiger partial charge < -0.3 is 15.1 Å². The van der Waals surface area contributed by atoms with Gasteiger partial charge in [0.2, 0.25) is 5.91 Å². The molecule has 2 unspecified atom stereocenters. The van der Waals surface area contributed by atoms with E-state index in [1.165, 1.54) is 12.1 Å². The van der Waals surface area contributed by atoms with E-state index in [9.17, 15) is 14.0 Å². The second-order valence-electron chi connectivity index (χ2n) is 6.55. The largest absolute Gasteiger partial charge is 0.389 e. The maximum atomic E-state index is 12.9. The van der Waals surface area contributed by atoms with Crippen LogP contribution >= 0.6 is 0 Å². The van der Waals surface area contributed by atoms with E-state index in [-0.39, 0.29) is 35.6 Å². The highest BCUT2D eigenvalue weighted by atomic mass is 19.1. The summed E-state index contributed by atoms with van der Waals surface area (Å²) in [5.74, 6) is -0.447. The summed E-state index contributed by atoms with van der Waals surface area (Å²) in [4.78, 5) is 31.6. The van der Waals surface area contributed by atoms with Crippen LogP contribution in [0.5, 0.6) is 0 Å². The Morgan fingerprint density at radius 2 is 2.00 bits per heavy atom. The minimum Gasteiger partial charge on any atom is -0.389 e. The summed E-state index contributed by atoms with van der Waals surface area (Å²) in [7, 11) is 0. The van der Waals surface area contributed by atoms with E-state index < -0.39 is 0 Å². The Morgan fingerprint density at radius 1 is 1.25 bits per heavy atom. The van der Waals surface area contributed by atoms with Crippen molar-refractivity contribution in [2.45, 2.75) is 25.5 Å². The number of nitrogens with one attached hydrogen (secondary N) is 1. The van der Waals surface area contributed by atoms with Crippen molar-refractivity contribution in [3.05, 3.63) is 35.6 Å². The normalized spacial score (nSPS) is 25.0. The van der Waals surface area contributed by atoms with Gasteiger partial charge in [-0.3, -0.25) is 9.59 Å². The van der Waals surface area contributed by atoms with Gasteiger partial charge in [0, 0.05) is 19.0 Å². The molecule has 24 heavy (non-hydrogen) atoms. The first-order valence-corrected chi connectivity index (χ1v) is 8.17. The maximum absolute atomic E-state index is 12.9. The number of rotatable bonds is 4. The van der Waals surface area contributed by atoms with Gasteiger partial charge in [-0.05, 0) is 30.5 Å². The van der Waals surface area contributed by atoms with Crippen LogP contribution in [0.25, 0.3) is 0 Å². The van der Waals surface area contributed by atoms with Crippen LogP contribution in [0.2, 0.25) is 0 Å². The van der Waals surface area contributed by atoms with Crippen LogP contribution in [0.15, 0.2) is 29.4 Å². The van der Waals surface area contributed by atoms with E-state index in [0.717, 1.165) is 18.4 Å². The lowest BCUT2D eigenvalue weighted by Gasteiger charge is -2.16. The summed E-state index contributed by atoms with van der Waals surface area (Å²) in [6.07, 6.45) is 1.70. The number of hydrogen-bond acceptors (Lipinski definition) is 4. The van der Waals surface area contributed by atoms with Crippen molar-refractivity contribution in [2.24, 2.45) is 17.0 Å². The molecule has 1 saturated heterocycles. The quantitative estimate of drug-likeness (QED) is 0.897. The van der Waals surface area contributed by atoms with E-state index in [2.05, 4.69) is 10.5 Å². The predicted octanol–water partition coefficient (Wildman–Crippen LogP) is 1.07. The number of likely N-dealkylation sites (tertiary alicyclic amines) is 1. The van der Waals surface area contributed by atoms with Crippen molar-refractivity contribution in [3.63, 3.8) is 0 Å². The zero-order valence-corrected chi connectivity index (χ0v) is 13.1. The number of benzene rings is 1. The molecule has 6 nitrogen and oxygen atoms in total. The van der Waals surface area contributed by atoms with Crippen molar-refractivity contribution >= 4 is 17.5 Å². The second kappa shape index (κ2) is 5.89. The first-order chi connectivity index (χ1) is 11.6. The van der Waals surface area contributed by atoms with Crippen LogP contribution < -0.4 is 5.32 Å². The van der Waals surface area contributed by atoms with Gasteiger partial charge in [-0.1, -0.05) is 17.3 Å². The second-order valence-corrected chi connectivity index (χ2v) is 6.55. The lowest BCUT2D eigenvalue weighted by atomic mass is 10.0. The summed E-state index contributed by atoms with van der Waals surface area (Å²) < 4.78 is 12.9. The van der Waals surface area contributed by atoms with Crippen molar-refractivity contribution in [3.8, 4) is 0 Å². The van der Waals surface area contributed by atoms with E-state index >= 15 is 0 Å². The van der Waals surface area contributed by atoms with Gasteiger partial charge >= 0.3 is 0 Å². The number of carbonyl (C=O) groups is 2.